The van der Waals surface area contributed by atoms with E-state index in [-0.39, 0.29) is 5.91 Å². The number of nitrogens with zero attached hydrogens (tertiary/aromatic N) is 5. The monoisotopic (exact) mass is 303 g/mol. The molecule has 1 aliphatic rings. The van der Waals surface area contributed by atoms with Crippen LogP contribution in [0.2, 0.25) is 0 Å². The highest BCUT2D eigenvalue weighted by molar-refractivity contribution is 5.92. The number of amides is 1. The zero-order chi connectivity index (χ0) is 15.7. The zero-order valence-corrected chi connectivity index (χ0v) is 13.2. The Hall–Kier alpha value is -2.18. The van der Waals surface area contributed by atoms with E-state index >= 15 is 0 Å². The number of aryl methyl sites for hydroxylation is 3. The lowest BCUT2D eigenvalue weighted by atomic mass is 9.93. The van der Waals surface area contributed by atoms with E-state index in [1.165, 1.54) is 0 Å². The molecule has 2 aromatic rings. The minimum atomic E-state index is 0.0255. The maximum atomic E-state index is 12.4. The van der Waals surface area contributed by atoms with E-state index in [2.05, 4.69) is 15.2 Å². The van der Waals surface area contributed by atoms with Crippen molar-refractivity contribution in [1.82, 2.24) is 24.8 Å². The van der Waals surface area contributed by atoms with Gasteiger partial charge in [0.1, 0.15) is 0 Å². The molecule has 7 nitrogen and oxygen atoms in total. The Morgan fingerprint density at radius 3 is 2.64 bits per heavy atom. The molecular weight excluding hydrogens is 282 g/mol. The smallest absolute Gasteiger partial charge is 0.274 e. The Morgan fingerprint density at radius 1 is 1.36 bits per heavy atom. The van der Waals surface area contributed by atoms with Gasteiger partial charge in [0.2, 0.25) is 5.89 Å². The van der Waals surface area contributed by atoms with Crippen molar-refractivity contribution in [3.63, 3.8) is 0 Å². The fraction of sp³-hybridized carbons (Fsp3) is 0.600. The summed E-state index contributed by atoms with van der Waals surface area (Å²) in [6.45, 7) is 5.27. The molecule has 2 aromatic heterocycles. The van der Waals surface area contributed by atoms with Gasteiger partial charge in [-0.3, -0.25) is 9.48 Å². The summed E-state index contributed by atoms with van der Waals surface area (Å²) in [5.41, 5.74) is 1.53. The molecule has 0 radical (unpaired) electrons. The highest BCUT2D eigenvalue weighted by Crippen LogP contribution is 2.22. The molecule has 118 valence electrons. The summed E-state index contributed by atoms with van der Waals surface area (Å²) in [5, 5.41) is 8.21. The number of carbonyl (C=O) groups is 1. The van der Waals surface area contributed by atoms with Crippen molar-refractivity contribution in [3.8, 4) is 0 Å². The van der Waals surface area contributed by atoms with Crippen molar-refractivity contribution in [2.75, 3.05) is 13.1 Å². The van der Waals surface area contributed by atoms with Crippen LogP contribution in [0.4, 0.5) is 0 Å². The van der Waals surface area contributed by atoms with Crippen LogP contribution in [-0.2, 0) is 13.5 Å². The first-order chi connectivity index (χ1) is 10.5. The summed E-state index contributed by atoms with van der Waals surface area (Å²) in [6, 6.07) is 1.84. The summed E-state index contributed by atoms with van der Waals surface area (Å²) in [7, 11) is 1.85. The molecule has 0 saturated carbocycles. The zero-order valence-electron chi connectivity index (χ0n) is 13.2. The first-order valence-corrected chi connectivity index (χ1v) is 7.62. The van der Waals surface area contributed by atoms with Crippen LogP contribution >= 0.6 is 0 Å². The number of carbonyl (C=O) groups excluding carboxylic acids is 1. The van der Waals surface area contributed by atoms with Crippen molar-refractivity contribution in [3.05, 3.63) is 29.2 Å². The van der Waals surface area contributed by atoms with Crippen molar-refractivity contribution in [2.24, 2.45) is 13.0 Å². The topological polar surface area (TPSA) is 77.1 Å². The number of rotatable bonds is 3. The molecule has 3 rings (SSSR count). The Bertz CT molecular complexity index is 648. The first kappa shape index (κ1) is 14.7. The number of likely N-dealkylation sites (tertiary alicyclic amines) is 1. The molecule has 0 aliphatic carbocycles. The molecular formula is C15H21N5O2. The van der Waals surface area contributed by atoms with Gasteiger partial charge in [0.25, 0.3) is 5.91 Å². The van der Waals surface area contributed by atoms with Gasteiger partial charge in [0, 0.05) is 39.2 Å². The van der Waals surface area contributed by atoms with E-state index in [0.717, 1.165) is 43.9 Å². The lowest BCUT2D eigenvalue weighted by Crippen LogP contribution is -2.39. The summed E-state index contributed by atoms with van der Waals surface area (Å²) in [5.74, 6) is 1.90. The molecule has 1 amide bonds. The van der Waals surface area contributed by atoms with Gasteiger partial charge in [-0.15, -0.1) is 0 Å². The van der Waals surface area contributed by atoms with Crippen LogP contribution in [0.25, 0.3) is 0 Å². The van der Waals surface area contributed by atoms with Crippen LogP contribution in [0.1, 0.15) is 40.7 Å². The quantitative estimate of drug-likeness (QED) is 0.859. The molecule has 0 atom stereocenters. The fourth-order valence-electron chi connectivity index (χ4n) is 2.85. The first-order valence-electron chi connectivity index (χ1n) is 7.62. The summed E-state index contributed by atoms with van der Waals surface area (Å²) < 4.78 is 6.74. The van der Waals surface area contributed by atoms with Gasteiger partial charge < -0.3 is 9.42 Å². The van der Waals surface area contributed by atoms with Gasteiger partial charge in [-0.1, -0.05) is 5.16 Å². The Labute approximate surface area is 129 Å². The van der Waals surface area contributed by atoms with E-state index in [4.69, 9.17) is 4.52 Å². The molecule has 0 bridgehead atoms. The highest BCUT2D eigenvalue weighted by Gasteiger charge is 2.26. The lowest BCUT2D eigenvalue weighted by molar-refractivity contribution is 0.0683. The molecule has 0 spiro atoms. The number of hydrogen-bond donors (Lipinski definition) is 0. The van der Waals surface area contributed by atoms with Gasteiger partial charge in [0.05, 0.1) is 0 Å². The predicted octanol–water partition coefficient (Wildman–Crippen LogP) is 1.51. The molecule has 1 saturated heterocycles. The number of hydrogen-bond acceptors (Lipinski definition) is 5. The van der Waals surface area contributed by atoms with E-state index < -0.39 is 0 Å². The van der Waals surface area contributed by atoms with Crippen molar-refractivity contribution in [2.45, 2.75) is 33.1 Å². The second-order valence-corrected chi connectivity index (χ2v) is 5.96. The van der Waals surface area contributed by atoms with Crippen LogP contribution < -0.4 is 0 Å². The molecule has 0 N–H and O–H groups in total. The van der Waals surface area contributed by atoms with Crippen LogP contribution in [0.15, 0.2) is 10.6 Å². The Kier molecular flexibility index (Phi) is 3.96. The Balaban J connectivity index is 1.56. The average Bonchev–Trinajstić information content (AvgIpc) is 3.05. The van der Waals surface area contributed by atoms with Crippen molar-refractivity contribution >= 4 is 5.91 Å². The minimum absolute atomic E-state index is 0.0255. The number of aromatic nitrogens is 4. The third kappa shape index (κ3) is 3.03. The summed E-state index contributed by atoms with van der Waals surface area (Å²) >= 11 is 0. The highest BCUT2D eigenvalue weighted by atomic mass is 16.5. The second-order valence-electron chi connectivity index (χ2n) is 5.96. The average molecular weight is 303 g/mol. The molecule has 0 unspecified atom stereocenters. The van der Waals surface area contributed by atoms with Gasteiger partial charge >= 0.3 is 0 Å². The molecule has 22 heavy (non-hydrogen) atoms. The minimum Gasteiger partial charge on any atom is -0.340 e. The maximum Gasteiger partial charge on any atom is 0.274 e. The maximum absolute atomic E-state index is 12.4. The van der Waals surface area contributed by atoms with Crippen LogP contribution in [0.3, 0.4) is 0 Å². The van der Waals surface area contributed by atoms with E-state index in [9.17, 15) is 4.79 Å². The standard InChI is InChI=1S/C15H21N5O2/c1-10-8-13(17-19(10)3)15(21)20-6-4-12(5-7-20)9-14-16-11(2)22-18-14/h8,12H,4-7,9H2,1-3H3. The third-order valence-electron chi connectivity index (χ3n) is 4.28. The molecule has 3 heterocycles. The van der Waals surface area contributed by atoms with Crippen molar-refractivity contribution < 1.29 is 9.32 Å². The van der Waals surface area contributed by atoms with Gasteiger partial charge in [-0.05, 0) is 31.7 Å². The van der Waals surface area contributed by atoms with Gasteiger partial charge in [0.15, 0.2) is 11.5 Å². The van der Waals surface area contributed by atoms with Gasteiger partial charge in [-0.2, -0.15) is 10.1 Å². The summed E-state index contributed by atoms with van der Waals surface area (Å²) in [4.78, 5) is 18.6. The molecule has 0 aromatic carbocycles. The van der Waals surface area contributed by atoms with E-state index in [0.29, 0.717) is 17.5 Å². The molecule has 1 aliphatic heterocycles. The normalized spacial score (nSPS) is 16.2. The van der Waals surface area contributed by atoms with E-state index in [1.807, 2.05) is 24.9 Å². The van der Waals surface area contributed by atoms with Crippen LogP contribution in [0, 0.1) is 19.8 Å². The summed E-state index contributed by atoms with van der Waals surface area (Å²) in [6.07, 6.45) is 2.75. The molecule has 7 heteroatoms. The van der Waals surface area contributed by atoms with Gasteiger partial charge in [-0.25, -0.2) is 0 Å². The second kappa shape index (κ2) is 5.90. The predicted molar refractivity (Wildman–Crippen MR) is 79.3 cm³/mol. The van der Waals surface area contributed by atoms with E-state index in [1.54, 1.807) is 11.6 Å². The SMILES string of the molecule is Cc1nc(CC2CCN(C(=O)c3cc(C)n(C)n3)CC2)no1. The van der Waals surface area contributed by atoms with Crippen molar-refractivity contribution in [1.29, 1.82) is 0 Å². The van der Waals surface area contributed by atoms with Crippen LogP contribution in [-0.4, -0.2) is 43.8 Å². The lowest BCUT2D eigenvalue weighted by Gasteiger charge is -2.31. The number of piperidine rings is 1. The van der Waals surface area contributed by atoms with Crippen LogP contribution in [0.5, 0.6) is 0 Å². The molecule has 1 fully saturated rings. The largest absolute Gasteiger partial charge is 0.340 e. The third-order valence-corrected chi connectivity index (χ3v) is 4.28. The Morgan fingerprint density at radius 2 is 2.09 bits per heavy atom. The fourth-order valence-corrected chi connectivity index (χ4v) is 2.85.